The first-order chi connectivity index (χ1) is 12.4. The van der Waals surface area contributed by atoms with Crippen LogP contribution in [0.25, 0.3) is 0 Å². The van der Waals surface area contributed by atoms with Crippen LogP contribution in [-0.2, 0) is 27.8 Å². The van der Waals surface area contributed by atoms with Crippen LogP contribution in [0.4, 0.5) is 0 Å². The van der Waals surface area contributed by atoms with Crippen LogP contribution < -0.4 is 10.1 Å². The zero-order valence-electron chi connectivity index (χ0n) is 14.9. The van der Waals surface area contributed by atoms with Crippen molar-refractivity contribution in [3.63, 3.8) is 0 Å². The number of rotatable bonds is 9. The number of hydrogen-bond acceptors (Lipinski definition) is 5. The van der Waals surface area contributed by atoms with Crippen LogP contribution in [0.2, 0.25) is 0 Å². The molecule has 0 saturated carbocycles. The minimum atomic E-state index is -3.50. The lowest BCUT2D eigenvalue weighted by Gasteiger charge is -2.19. The summed E-state index contributed by atoms with van der Waals surface area (Å²) >= 11 is 0. The van der Waals surface area contributed by atoms with Crippen LogP contribution in [0, 0.1) is 0 Å². The largest absolute Gasteiger partial charge is 0.497 e. The molecule has 7 nitrogen and oxygen atoms in total. The number of pyridine rings is 1. The van der Waals surface area contributed by atoms with E-state index in [2.05, 4.69) is 10.3 Å². The van der Waals surface area contributed by atoms with Crippen LogP contribution in [0.5, 0.6) is 5.75 Å². The van der Waals surface area contributed by atoms with Crippen molar-refractivity contribution in [2.45, 2.75) is 13.0 Å². The first-order valence-corrected chi connectivity index (χ1v) is 9.97. The van der Waals surface area contributed by atoms with E-state index in [1.807, 2.05) is 24.3 Å². The minimum Gasteiger partial charge on any atom is -0.497 e. The molecule has 140 valence electrons. The maximum atomic E-state index is 12.1. The molecular formula is C18H23N3O4S. The highest BCUT2D eigenvalue weighted by Crippen LogP contribution is 2.13. The van der Waals surface area contributed by atoms with Gasteiger partial charge in [0.05, 0.1) is 19.9 Å². The Kier molecular flexibility index (Phi) is 7.11. The van der Waals surface area contributed by atoms with Gasteiger partial charge in [-0.1, -0.05) is 12.1 Å². The van der Waals surface area contributed by atoms with E-state index in [1.165, 1.54) is 4.31 Å². The molecule has 1 N–H and O–H groups in total. The van der Waals surface area contributed by atoms with E-state index in [0.717, 1.165) is 17.4 Å². The molecule has 1 amide bonds. The van der Waals surface area contributed by atoms with Gasteiger partial charge >= 0.3 is 0 Å². The monoisotopic (exact) mass is 377 g/mol. The normalized spacial score (nSPS) is 11.3. The SMILES string of the molecule is COc1cccc(CCN(CC(=O)NCc2ccncc2)S(C)(=O)=O)c1. The molecule has 2 aromatic rings. The van der Waals surface area contributed by atoms with Gasteiger partial charge < -0.3 is 10.1 Å². The highest BCUT2D eigenvalue weighted by atomic mass is 32.2. The molecule has 0 aliphatic rings. The highest BCUT2D eigenvalue weighted by Gasteiger charge is 2.20. The van der Waals surface area contributed by atoms with Gasteiger partial charge in [-0.05, 0) is 41.8 Å². The second-order valence-corrected chi connectivity index (χ2v) is 7.81. The van der Waals surface area contributed by atoms with E-state index in [0.29, 0.717) is 18.7 Å². The number of nitrogens with one attached hydrogen (secondary N) is 1. The quantitative estimate of drug-likeness (QED) is 0.710. The van der Waals surface area contributed by atoms with Crippen LogP contribution in [-0.4, -0.2) is 50.1 Å². The Balaban J connectivity index is 1.93. The van der Waals surface area contributed by atoms with Crippen LogP contribution >= 0.6 is 0 Å². The van der Waals surface area contributed by atoms with Crippen molar-refractivity contribution in [3.05, 3.63) is 59.9 Å². The summed E-state index contributed by atoms with van der Waals surface area (Å²) in [7, 11) is -1.92. The molecule has 1 aromatic heterocycles. The van der Waals surface area contributed by atoms with E-state index in [1.54, 1.807) is 31.6 Å². The van der Waals surface area contributed by atoms with Gasteiger partial charge in [0.15, 0.2) is 0 Å². The molecule has 0 bridgehead atoms. The molecule has 1 aromatic carbocycles. The Labute approximate surface area is 154 Å². The van der Waals surface area contributed by atoms with E-state index in [-0.39, 0.29) is 19.0 Å². The smallest absolute Gasteiger partial charge is 0.235 e. The number of benzene rings is 1. The van der Waals surface area contributed by atoms with E-state index >= 15 is 0 Å². The maximum absolute atomic E-state index is 12.1. The first kappa shape index (κ1) is 19.9. The molecule has 0 aliphatic heterocycles. The molecule has 1 heterocycles. The van der Waals surface area contributed by atoms with Gasteiger partial charge in [-0.25, -0.2) is 8.42 Å². The van der Waals surface area contributed by atoms with Gasteiger partial charge in [-0.3, -0.25) is 9.78 Å². The average Bonchev–Trinajstić information content (AvgIpc) is 2.63. The summed E-state index contributed by atoms with van der Waals surface area (Å²) in [4.78, 5) is 16.0. The summed E-state index contributed by atoms with van der Waals surface area (Å²) in [6.45, 7) is 0.331. The molecule has 0 radical (unpaired) electrons. The topological polar surface area (TPSA) is 88.6 Å². The fraction of sp³-hybridized carbons (Fsp3) is 0.333. The summed E-state index contributed by atoms with van der Waals surface area (Å²) in [5.41, 5.74) is 1.84. The molecule has 8 heteroatoms. The lowest BCUT2D eigenvalue weighted by atomic mass is 10.1. The third-order valence-corrected chi connectivity index (χ3v) is 5.06. The number of carbonyl (C=O) groups excluding carboxylic acids is 1. The second kappa shape index (κ2) is 9.30. The van der Waals surface area contributed by atoms with Crippen molar-refractivity contribution in [1.82, 2.24) is 14.6 Å². The summed E-state index contributed by atoms with van der Waals surface area (Å²) in [6.07, 6.45) is 4.87. The summed E-state index contributed by atoms with van der Waals surface area (Å²) in [6, 6.07) is 11.0. The molecule has 0 saturated heterocycles. The lowest BCUT2D eigenvalue weighted by Crippen LogP contribution is -2.41. The predicted molar refractivity (Wildman–Crippen MR) is 99.2 cm³/mol. The molecule has 0 aliphatic carbocycles. The third-order valence-electron chi connectivity index (χ3n) is 3.81. The van der Waals surface area contributed by atoms with Gasteiger partial charge in [-0.2, -0.15) is 4.31 Å². The standard InChI is InChI=1S/C18H23N3O4S/c1-25-17-5-3-4-15(12-17)8-11-21(26(2,23)24)14-18(22)20-13-16-6-9-19-10-7-16/h3-7,9-10,12H,8,11,13-14H2,1-2H3,(H,20,22). The minimum absolute atomic E-state index is 0.214. The van der Waals surface area contributed by atoms with Gasteiger partial charge in [-0.15, -0.1) is 0 Å². The van der Waals surface area contributed by atoms with Crippen molar-refractivity contribution in [2.24, 2.45) is 0 Å². The molecule has 2 rings (SSSR count). The summed E-state index contributed by atoms with van der Waals surface area (Å²) in [5, 5.41) is 2.73. The van der Waals surface area contributed by atoms with Gasteiger partial charge in [0.2, 0.25) is 15.9 Å². The Morgan fingerprint density at radius 2 is 1.92 bits per heavy atom. The van der Waals surface area contributed by atoms with Gasteiger partial charge in [0, 0.05) is 25.5 Å². The third kappa shape index (κ3) is 6.45. The van der Waals surface area contributed by atoms with Crippen LogP contribution in [0.1, 0.15) is 11.1 Å². The van der Waals surface area contributed by atoms with Gasteiger partial charge in [0.25, 0.3) is 0 Å². The molecule has 0 unspecified atom stereocenters. The fourth-order valence-electron chi connectivity index (χ4n) is 2.36. The van der Waals surface area contributed by atoms with Crippen LogP contribution in [0.3, 0.4) is 0 Å². The zero-order chi connectivity index (χ0) is 19.0. The molecule has 0 fully saturated rings. The molecule has 26 heavy (non-hydrogen) atoms. The highest BCUT2D eigenvalue weighted by molar-refractivity contribution is 7.88. The van der Waals surface area contributed by atoms with E-state index in [9.17, 15) is 13.2 Å². The number of ether oxygens (including phenoxy) is 1. The van der Waals surface area contributed by atoms with Crippen molar-refractivity contribution in [2.75, 3.05) is 26.5 Å². The zero-order valence-corrected chi connectivity index (χ0v) is 15.7. The van der Waals surface area contributed by atoms with Crippen molar-refractivity contribution < 1.29 is 17.9 Å². The number of aromatic nitrogens is 1. The Bertz CT molecular complexity index is 825. The Morgan fingerprint density at radius 1 is 1.19 bits per heavy atom. The first-order valence-electron chi connectivity index (χ1n) is 8.12. The molecular weight excluding hydrogens is 354 g/mol. The summed E-state index contributed by atoms with van der Waals surface area (Å²) < 4.78 is 30.3. The average molecular weight is 377 g/mol. The Hall–Kier alpha value is -2.45. The number of nitrogens with zero attached hydrogens (tertiary/aromatic N) is 2. The number of hydrogen-bond donors (Lipinski definition) is 1. The Morgan fingerprint density at radius 3 is 2.58 bits per heavy atom. The number of carbonyl (C=O) groups is 1. The molecule has 0 atom stereocenters. The van der Waals surface area contributed by atoms with Crippen LogP contribution in [0.15, 0.2) is 48.8 Å². The van der Waals surface area contributed by atoms with Crippen molar-refractivity contribution >= 4 is 15.9 Å². The van der Waals surface area contributed by atoms with E-state index < -0.39 is 10.0 Å². The number of amides is 1. The lowest BCUT2D eigenvalue weighted by molar-refractivity contribution is -0.121. The maximum Gasteiger partial charge on any atom is 0.235 e. The number of sulfonamides is 1. The fourth-order valence-corrected chi connectivity index (χ4v) is 3.14. The number of methoxy groups -OCH3 is 1. The van der Waals surface area contributed by atoms with Crippen molar-refractivity contribution in [1.29, 1.82) is 0 Å². The molecule has 0 spiro atoms. The summed E-state index contributed by atoms with van der Waals surface area (Å²) in [5.74, 6) is 0.362. The van der Waals surface area contributed by atoms with Gasteiger partial charge in [0.1, 0.15) is 5.75 Å². The van der Waals surface area contributed by atoms with Crippen molar-refractivity contribution in [3.8, 4) is 5.75 Å². The second-order valence-electron chi connectivity index (χ2n) is 5.83. The van der Waals surface area contributed by atoms with E-state index in [4.69, 9.17) is 4.74 Å². The predicted octanol–water partition coefficient (Wildman–Crippen LogP) is 1.21.